The van der Waals surface area contributed by atoms with Crippen molar-refractivity contribution in [3.8, 4) is 0 Å². The SMILES string of the molecule is Cc1ccc(C2=C3C=CC(c4ccccc4)=C4C=C(c5ccccc5)C=NC43NC(c3ccccc3)=N2)cc1. The quantitative estimate of drug-likeness (QED) is 0.306. The van der Waals surface area contributed by atoms with Crippen molar-refractivity contribution in [1.82, 2.24) is 5.32 Å². The lowest BCUT2D eigenvalue weighted by Crippen LogP contribution is -2.54. The van der Waals surface area contributed by atoms with Gasteiger partial charge in [-0.25, -0.2) is 4.99 Å². The highest BCUT2D eigenvalue weighted by Gasteiger charge is 2.46. The molecule has 0 saturated heterocycles. The molecule has 3 heteroatoms. The van der Waals surface area contributed by atoms with Crippen molar-refractivity contribution >= 4 is 28.9 Å². The molecule has 39 heavy (non-hydrogen) atoms. The Balaban J connectivity index is 1.51. The van der Waals surface area contributed by atoms with Crippen LogP contribution in [0.15, 0.2) is 155 Å². The number of rotatable bonds is 4. The molecule has 4 aromatic carbocycles. The minimum Gasteiger partial charge on any atom is -0.338 e. The van der Waals surface area contributed by atoms with E-state index in [1.165, 1.54) is 5.56 Å². The molecule has 7 rings (SSSR count). The summed E-state index contributed by atoms with van der Waals surface area (Å²) in [6, 6.07) is 39.9. The predicted molar refractivity (Wildman–Crippen MR) is 162 cm³/mol. The minimum absolute atomic E-state index is 0.809. The van der Waals surface area contributed by atoms with Crippen LogP contribution < -0.4 is 5.32 Å². The Morgan fingerprint density at radius 1 is 0.590 bits per heavy atom. The largest absolute Gasteiger partial charge is 0.338 e. The number of aliphatic imine (C=N–C) groups is 2. The van der Waals surface area contributed by atoms with Gasteiger partial charge in [-0.15, -0.1) is 0 Å². The lowest BCUT2D eigenvalue weighted by Gasteiger charge is -2.43. The second-order valence-corrected chi connectivity index (χ2v) is 10.0. The molecule has 3 aliphatic rings. The standard InChI is InChI=1S/C36H27N3/c1-25-17-19-28(20-18-25)34-32-22-21-31(27-13-7-3-8-14-27)33-23-30(26-11-5-2-6-12-26)24-37-36(32,33)39-35(38-34)29-15-9-4-10-16-29/h2-24H,1H3,(H,38,39). The molecule has 0 bridgehead atoms. The van der Waals surface area contributed by atoms with Gasteiger partial charge in [0.15, 0.2) is 5.66 Å². The molecule has 0 fully saturated rings. The van der Waals surface area contributed by atoms with Gasteiger partial charge in [0.1, 0.15) is 5.84 Å². The summed E-state index contributed by atoms with van der Waals surface area (Å²) in [4.78, 5) is 10.6. The van der Waals surface area contributed by atoms with Crippen LogP contribution in [0.4, 0.5) is 0 Å². The van der Waals surface area contributed by atoms with E-state index in [2.05, 4.69) is 121 Å². The Hall–Kier alpha value is -5.02. The Morgan fingerprint density at radius 3 is 1.87 bits per heavy atom. The first-order chi connectivity index (χ1) is 19.2. The first-order valence-electron chi connectivity index (χ1n) is 13.3. The highest BCUT2D eigenvalue weighted by Crippen LogP contribution is 2.47. The van der Waals surface area contributed by atoms with Gasteiger partial charge in [-0.2, -0.15) is 0 Å². The summed E-state index contributed by atoms with van der Waals surface area (Å²) in [6.45, 7) is 2.11. The fourth-order valence-corrected chi connectivity index (χ4v) is 5.51. The smallest absolute Gasteiger partial charge is 0.185 e. The van der Waals surface area contributed by atoms with Gasteiger partial charge in [-0.3, -0.25) is 4.99 Å². The predicted octanol–water partition coefficient (Wildman–Crippen LogP) is 7.64. The lowest BCUT2D eigenvalue weighted by molar-refractivity contribution is 0.561. The molecule has 0 amide bonds. The zero-order valence-corrected chi connectivity index (χ0v) is 21.7. The molecule has 2 heterocycles. The molecule has 0 aromatic heterocycles. The number of hydrogen-bond donors (Lipinski definition) is 1. The number of nitrogens with one attached hydrogen (secondary N) is 1. The molecule has 1 unspecified atom stereocenters. The highest BCUT2D eigenvalue weighted by atomic mass is 15.2. The van der Waals surface area contributed by atoms with Gasteiger partial charge in [0.25, 0.3) is 0 Å². The van der Waals surface area contributed by atoms with Crippen molar-refractivity contribution in [3.63, 3.8) is 0 Å². The number of aryl methyl sites for hydroxylation is 1. The van der Waals surface area contributed by atoms with Crippen LogP contribution in [0.5, 0.6) is 0 Å². The van der Waals surface area contributed by atoms with Crippen LogP contribution >= 0.6 is 0 Å². The maximum absolute atomic E-state index is 5.36. The number of allylic oxidation sites excluding steroid dienone is 3. The number of dihydropyridines is 1. The molecule has 1 atom stereocenters. The van der Waals surface area contributed by atoms with E-state index in [0.29, 0.717) is 0 Å². The first-order valence-corrected chi connectivity index (χ1v) is 13.3. The third-order valence-corrected chi connectivity index (χ3v) is 7.53. The van der Waals surface area contributed by atoms with Gasteiger partial charge in [-0.1, -0.05) is 133 Å². The van der Waals surface area contributed by atoms with Crippen LogP contribution in [0.2, 0.25) is 0 Å². The summed E-state index contributed by atoms with van der Waals surface area (Å²) in [6.07, 6.45) is 8.71. The van der Waals surface area contributed by atoms with Gasteiger partial charge in [0.05, 0.1) is 5.70 Å². The van der Waals surface area contributed by atoms with E-state index < -0.39 is 5.66 Å². The van der Waals surface area contributed by atoms with Crippen molar-refractivity contribution in [2.45, 2.75) is 12.6 Å². The van der Waals surface area contributed by atoms with E-state index in [4.69, 9.17) is 9.98 Å². The number of hydrogen-bond acceptors (Lipinski definition) is 3. The fourth-order valence-electron chi connectivity index (χ4n) is 5.51. The molecular weight excluding hydrogens is 474 g/mol. The molecule has 186 valence electrons. The van der Waals surface area contributed by atoms with E-state index in [9.17, 15) is 0 Å². The van der Waals surface area contributed by atoms with Crippen molar-refractivity contribution in [2.75, 3.05) is 0 Å². The maximum atomic E-state index is 5.36. The van der Waals surface area contributed by atoms with Crippen molar-refractivity contribution in [3.05, 3.63) is 172 Å². The zero-order valence-electron chi connectivity index (χ0n) is 21.7. The van der Waals surface area contributed by atoms with E-state index in [1.807, 2.05) is 30.5 Å². The van der Waals surface area contributed by atoms with Crippen LogP contribution in [0.25, 0.3) is 16.8 Å². The monoisotopic (exact) mass is 501 g/mol. The van der Waals surface area contributed by atoms with Crippen molar-refractivity contribution in [1.29, 1.82) is 0 Å². The third-order valence-electron chi connectivity index (χ3n) is 7.53. The molecular formula is C36H27N3. The van der Waals surface area contributed by atoms with Gasteiger partial charge >= 0.3 is 0 Å². The molecule has 1 N–H and O–H groups in total. The number of nitrogens with zero attached hydrogens (tertiary/aromatic N) is 2. The molecule has 4 aromatic rings. The second-order valence-electron chi connectivity index (χ2n) is 10.0. The van der Waals surface area contributed by atoms with Gasteiger partial charge in [-0.05, 0) is 29.7 Å². The average molecular weight is 502 g/mol. The van der Waals surface area contributed by atoms with Crippen molar-refractivity contribution in [2.24, 2.45) is 9.98 Å². The van der Waals surface area contributed by atoms with Crippen LogP contribution in [0.3, 0.4) is 0 Å². The fraction of sp³-hybridized carbons (Fsp3) is 0.0556. The van der Waals surface area contributed by atoms with E-state index >= 15 is 0 Å². The summed E-state index contributed by atoms with van der Waals surface area (Å²) >= 11 is 0. The van der Waals surface area contributed by atoms with Crippen LogP contribution in [0.1, 0.15) is 27.8 Å². The number of amidine groups is 1. The van der Waals surface area contributed by atoms with Gasteiger partial charge in [0.2, 0.25) is 0 Å². The Kier molecular flexibility index (Phi) is 5.56. The lowest BCUT2D eigenvalue weighted by atomic mass is 9.76. The van der Waals surface area contributed by atoms with Gasteiger partial charge in [0, 0.05) is 34.1 Å². The average Bonchev–Trinajstić information content (AvgIpc) is 3.01. The molecule has 0 radical (unpaired) electrons. The Labute approximate surface area is 229 Å². The minimum atomic E-state index is -0.814. The first kappa shape index (κ1) is 23.1. The highest BCUT2D eigenvalue weighted by molar-refractivity contribution is 6.15. The van der Waals surface area contributed by atoms with Crippen LogP contribution in [0, 0.1) is 6.92 Å². The number of benzene rings is 4. The molecule has 3 nitrogen and oxygen atoms in total. The van der Waals surface area contributed by atoms with E-state index in [1.54, 1.807) is 0 Å². The molecule has 1 spiro atoms. The molecule has 1 aliphatic carbocycles. The van der Waals surface area contributed by atoms with Crippen molar-refractivity contribution < 1.29 is 0 Å². The summed E-state index contributed by atoms with van der Waals surface area (Å²) in [5.74, 6) is 0.809. The molecule has 0 saturated carbocycles. The summed E-state index contributed by atoms with van der Waals surface area (Å²) in [5.41, 5.74) is 10.1. The third kappa shape index (κ3) is 4.00. The normalized spacial score (nSPS) is 19.6. The summed E-state index contributed by atoms with van der Waals surface area (Å²) in [7, 11) is 0. The van der Waals surface area contributed by atoms with Gasteiger partial charge < -0.3 is 5.32 Å². The Bertz CT molecular complexity index is 1740. The van der Waals surface area contributed by atoms with Crippen LogP contribution in [-0.4, -0.2) is 17.7 Å². The Morgan fingerprint density at radius 2 is 1.21 bits per heavy atom. The topological polar surface area (TPSA) is 36.8 Å². The van der Waals surface area contributed by atoms with E-state index in [0.717, 1.165) is 56.1 Å². The zero-order chi connectivity index (χ0) is 26.2. The van der Waals surface area contributed by atoms with Crippen LogP contribution in [-0.2, 0) is 0 Å². The maximum Gasteiger partial charge on any atom is 0.185 e. The summed E-state index contributed by atoms with van der Waals surface area (Å²) in [5, 5.41) is 3.81. The van der Waals surface area contributed by atoms with E-state index in [-0.39, 0.29) is 0 Å². The summed E-state index contributed by atoms with van der Waals surface area (Å²) < 4.78 is 0. The molecule has 2 aliphatic heterocycles. The second kappa shape index (κ2) is 9.38.